The minimum Gasteiger partial charge on any atom is -0.460 e. The smallest absolute Gasteiger partial charge is 0.379 e. The van der Waals surface area contributed by atoms with Crippen LogP contribution >= 0.6 is 0 Å². The largest absolute Gasteiger partial charge is 0.460 e. The molecule has 0 saturated carbocycles. The average Bonchev–Trinajstić information content (AvgIpc) is 2.23. The summed E-state index contributed by atoms with van der Waals surface area (Å²) in [6, 6.07) is 3.64. The number of benzene rings is 1. The molecule has 0 amide bonds. The van der Waals surface area contributed by atoms with Gasteiger partial charge in [-0.3, -0.25) is 4.79 Å². The van der Waals surface area contributed by atoms with Crippen LogP contribution in [0, 0.1) is 20.8 Å². The second kappa shape index (κ2) is 4.92. The molecule has 0 spiro atoms. The first-order valence-electron chi connectivity index (χ1n) is 5.26. The Labute approximate surface area is 95.4 Å². The van der Waals surface area contributed by atoms with Crippen LogP contribution in [0.4, 0.5) is 0 Å². The third kappa shape index (κ3) is 2.48. The molecule has 1 rings (SSSR count). The normalized spacial score (nSPS) is 10.0. The Morgan fingerprint density at radius 3 is 2.19 bits per heavy atom. The van der Waals surface area contributed by atoms with Crippen LogP contribution in [0.1, 0.15) is 34.0 Å². The molecule has 0 fully saturated rings. The highest BCUT2D eigenvalue weighted by Crippen LogP contribution is 2.16. The number of aryl methyl sites for hydroxylation is 3. The van der Waals surface area contributed by atoms with Crippen molar-refractivity contribution in [3.63, 3.8) is 0 Å². The number of ketones is 1. The Balaban J connectivity index is 3.09. The van der Waals surface area contributed by atoms with Gasteiger partial charge in [-0.1, -0.05) is 6.07 Å². The average molecular weight is 220 g/mol. The van der Waals surface area contributed by atoms with Crippen molar-refractivity contribution in [1.82, 2.24) is 0 Å². The van der Waals surface area contributed by atoms with Crippen molar-refractivity contribution in [3.8, 4) is 0 Å². The van der Waals surface area contributed by atoms with Crippen molar-refractivity contribution >= 4 is 11.8 Å². The highest BCUT2D eigenvalue weighted by molar-refractivity contribution is 6.41. The topological polar surface area (TPSA) is 43.4 Å². The summed E-state index contributed by atoms with van der Waals surface area (Å²) in [5.41, 5.74) is 3.35. The van der Waals surface area contributed by atoms with Crippen LogP contribution in [-0.4, -0.2) is 18.4 Å². The third-order valence-corrected chi connectivity index (χ3v) is 2.55. The number of carbonyl (C=O) groups excluding carboxylic acids is 2. The van der Waals surface area contributed by atoms with E-state index in [-0.39, 0.29) is 6.61 Å². The van der Waals surface area contributed by atoms with Crippen molar-refractivity contribution in [2.24, 2.45) is 0 Å². The van der Waals surface area contributed by atoms with Gasteiger partial charge in [0.2, 0.25) is 0 Å². The quantitative estimate of drug-likeness (QED) is 0.446. The van der Waals surface area contributed by atoms with Crippen LogP contribution in [0.15, 0.2) is 12.1 Å². The van der Waals surface area contributed by atoms with E-state index in [1.807, 2.05) is 26.8 Å². The maximum Gasteiger partial charge on any atom is 0.379 e. The number of carbonyl (C=O) groups is 2. The fourth-order valence-corrected chi connectivity index (χ4v) is 1.51. The van der Waals surface area contributed by atoms with Gasteiger partial charge in [-0.15, -0.1) is 0 Å². The molecule has 0 saturated heterocycles. The summed E-state index contributed by atoms with van der Waals surface area (Å²) in [6.45, 7) is 7.60. The molecule has 0 atom stereocenters. The van der Waals surface area contributed by atoms with E-state index in [0.29, 0.717) is 5.56 Å². The Morgan fingerprint density at radius 2 is 1.62 bits per heavy atom. The summed E-state index contributed by atoms with van der Waals surface area (Å²) < 4.78 is 4.69. The summed E-state index contributed by atoms with van der Waals surface area (Å²) in [5.74, 6) is -1.35. The molecule has 0 aliphatic rings. The minimum absolute atomic E-state index is 0.217. The lowest BCUT2D eigenvalue weighted by molar-refractivity contribution is -0.137. The van der Waals surface area contributed by atoms with E-state index >= 15 is 0 Å². The van der Waals surface area contributed by atoms with E-state index in [2.05, 4.69) is 0 Å². The minimum atomic E-state index is -0.783. The monoisotopic (exact) mass is 220 g/mol. The molecule has 3 heteroatoms. The van der Waals surface area contributed by atoms with Crippen LogP contribution in [0.2, 0.25) is 0 Å². The molecule has 1 aromatic carbocycles. The van der Waals surface area contributed by atoms with Gasteiger partial charge in [0.25, 0.3) is 5.78 Å². The molecule has 0 radical (unpaired) electrons. The van der Waals surface area contributed by atoms with E-state index in [1.54, 1.807) is 13.0 Å². The van der Waals surface area contributed by atoms with Gasteiger partial charge in [-0.05, 0) is 50.5 Å². The van der Waals surface area contributed by atoms with E-state index in [9.17, 15) is 9.59 Å². The molecule has 0 aliphatic carbocycles. The first-order chi connectivity index (χ1) is 7.47. The molecule has 0 aliphatic heterocycles. The van der Waals surface area contributed by atoms with Crippen LogP contribution < -0.4 is 0 Å². The lowest BCUT2D eigenvalue weighted by Crippen LogP contribution is -2.18. The predicted octanol–water partition coefficient (Wildman–Crippen LogP) is 2.36. The molecule has 0 aromatic heterocycles. The zero-order valence-corrected chi connectivity index (χ0v) is 10.1. The fraction of sp³-hybridized carbons (Fsp3) is 0.385. The van der Waals surface area contributed by atoms with Crippen LogP contribution in [-0.2, 0) is 9.53 Å². The van der Waals surface area contributed by atoms with E-state index < -0.39 is 11.8 Å². The summed E-state index contributed by atoms with van der Waals surface area (Å²) in [6.07, 6.45) is 0. The van der Waals surface area contributed by atoms with Gasteiger partial charge < -0.3 is 4.74 Å². The maximum absolute atomic E-state index is 11.7. The molecular formula is C13H16O3. The van der Waals surface area contributed by atoms with Gasteiger partial charge in [0, 0.05) is 5.56 Å². The predicted molar refractivity (Wildman–Crippen MR) is 61.6 cm³/mol. The van der Waals surface area contributed by atoms with Gasteiger partial charge >= 0.3 is 5.97 Å². The first kappa shape index (κ1) is 12.4. The number of hydrogen-bond donors (Lipinski definition) is 0. The number of Topliss-reactive ketones (excluding diaryl/α,β-unsaturated/α-hetero) is 1. The summed E-state index contributed by atoms with van der Waals surface area (Å²) in [5, 5.41) is 0. The molecule has 0 N–H and O–H groups in total. The van der Waals surface area contributed by atoms with Gasteiger partial charge in [0.15, 0.2) is 0 Å². The number of rotatable bonds is 3. The highest BCUT2D eigenvalue weighted by atomic mass is 16.5. The molecule has 16 heavy (non-hydrogen) atoms. The van der Waals surface area contributed by atoms with Crippen molar-refractivity contribution in [2.75, 3.05) is 6.61 Å². The third-order valence-electron chi connectivity index (χ3n) is 2.55. The number of esters is 1. The van der Waals surface area contributed by atoms with Crippen LogP contribution in [0.25, 0.3) is 0 Å². The number of ether oxygens (including phenoxy) is 1. The molecule has 0 heterocycles. The lowest BCUT2D eigenvalue weighted by atomic mass is 9.98. The van der Waals surface area contributed by atoms with Crippen LogP contribution in [0.3, 0.4) is 0 Å². The second-order valence-corrected chi connectivity index (χ2v) is 3.80. The van der Waals surface area contributed by atoms with Gasteiger partial charge in [-0.2, -0.15) is 0 Å². The molecule has 1 aromatic rings. The second-order valence-electron chi connectivity index (χ2n) is 3.80. The highest BCUT2D eigenvalue weighted by Gasteiger charge is 2.19. The maximum atomic E-state index is 11.7. The molecule has 86 valence electrons. The summed E-state index contributed by atoms with van der Waals surface area (Å²) >= 11 is 0. The Bertz CT molecular complexity index is 433. The van der Waals surface area contributed by atoms with E-state index in [4.69, 9.17) is 4.74 Å². The molecular weight excluding hydrogens is 204 g/mol. The standard InChI is InChI=1S/C13H16O3/c1-5-16-13(15)12(14)11-7-9(3)8(2)6-10(11)4/h6-7H,5H2,1-4H3. The van der Waals surface area contributed by atoms with Crippen molar-refractivity contribution in [1.29, 1.82) is 0 Å². The first-order valence-corrected chi connectivity index (χ1v) is 5.26. The molecule has 3 nitrogen and oxygen atoms in total. The van der Waals surface area contributed by atoms with Crippen molar-refractivity contribution < 1.29 is 14.3 Å². The van der Waals surface area contributed by atoms with Crippen molar-refractivity contribution in [2.45, 2.75) is 27.7 Å². The Morgan fingerprint density at radius 1 is 1.06 bits per heavy atom. The van der Waals surface area contributed by atoms with Crippen molar-refractivity contribution in [3.05, 3.63) is 34.4 Å². The molecule has 0 unspecified atom stereocenters. The van der Waals surface area contributed by atoms with E-state index in [0.717, 1.165) is 16.7 Å². The van der Waals surface area contributed by atoms with Gasteiger partial charge in [-0.25, -0.2) is 4.79 Å². The zero-order chi connectivity index (χ0) is 12.3. The van der Waals surface area contributed by atoms with Gasteiger partial charge in [0.05, 0.1) is 6.61 Å². The molecule has 0 bridgehead atoms. The van der Waals surface area contributed by atoms with E-state index in [1.165, 1.54) is 0 Å². The summed E-state index contributed by atoms with van der Waals surface area (Å²) in [4.78, 5) is 23.1. The van der Waals surface area contributed by atoms with Crippen LogP contribution in [0.5, 0.6) is 0 Å². The Kier molecular flexibility index (Phi) is 3.82. The zero-order valence-electron chi connectivity index (χ0n) is 10.1. The Hall–Kier alpha value is -1.64. The SMILES string of the molecule is CCOC(=O)C(=O)c1cc(C)c(C)cc1C. The lowest BCUT2D eigenvalue weighted by Gasteiger charge is -2.08. The number of hydrogen-bond acceptors (Lipinski definition) is 3. The fourth-order valence-electron chi connectivity index (χ4n) is 1.51. The summed E-state index contributed by atoms with van der Waals surface area (Å²) in [7, 11) is 0. The van der Waals surface area contributed by atoms with Gasteiger partial charge in [0.1, 0.15) is 0 Å².